The van der Waals surface area contributed by atoms with Crippen molar-refractivity contribution in [2.75, 3.05) is 27.3 Å². The first-order chi connectivity index (χ1) is 5.43. The second kappa shape index (κ2) is 8.10. The van der Waals surface area contributed by atoms with E-state index >= 15 is 0 Å². The normalized spacial score (nSPS) is 20.2. The van der Waals surface area contributed by atoms with E-state index in [1.807, 2.05) is 0 Å². The molecule has 0 radical (unpaired) electrons. The van der Waals surface area contributed by atoms with Crippen LogP contribution < -0.4 is 0 Å². The number of epoxide rings is 1. The Morgan fingerprint density at radius 1 is 1.33 bits per heavy atom. The first-order valence-corrected chi connectivity index (χ1v) is 3.23. The monoisotopic (exact) mass is 347 g/mol. The first kappa shape index (κ1) is 12.5. The van der Waals surface area contributed by atoms with Gasteiger partial charge in [-0.05, 0) is 0 Å². The Morgan fingerprint density at radius 2 is 2.00 bits per heavy atom. The molecule has 5 nitrogen and oxygen atoms in total. The van der Waals surface area contributed by atoms with Crippen molar-refractivity contribution in [2.45, 2.75) is 6.10 Å². The van der Waals surface area contributed by atoms with Crippen molar-refractivity contribution in [1.29, 1.82) is 0 Å². The van der Waals surface area contributed by atoms with E-state index in [1.165, 1.54) is 7.11 Å². The van der Waals surface area contributed by atoms with Crippen LogP contribution in [-0.2, 0) is 45.1 Å². The maximum absolute atomic E-state index is 4.95. The molecule has 0 saturated carbocycles. The number of rotatable bonds is 7. The van der Waals surface area contributed by atoms with E-state index in [9.17, 15) is 0 Å². The van der Waals surface area contributed by atoms with Gasteiger partial charge in [-0.15, -0.1) is 0 Å². The summed E-state index contributed by atoms with van der Waals surface area (Å²) in [5, 5.41) is 0. The SMILES string of the molecule is COCOOCOCC1[CH-]O1.[W]. The van der Waals surface area contributed by atoms with Gasteiger partial charge < -0.3 is 14.2 Å². The second-order valence-electron chi connectivity index (χ2n) is 1.94. The average molecular weight is 347 g/mol. The van der Waals surface area contributed by atoms with Crippen molar-refractivity contribution in [3.63, 3.8) is 0 Å². The fourth-order valence-electron chi connectivity index (χ4n) is 0.449. The Kier molecular flexibility index (Phi) is 8.43. The van der Waals surface area contributed by atoms with Gasteiger partial charge in [0.1, 0.15) is 0 Å². The molecule has 1 aliphatic heterocycles. The van der Waals surface area contributed by atoms with Gasteiger partial charge in [-0.1, -0.05) is 6.10 Å². The van der Waals surface area contributed by atoms with Crippen LogP contribution in [0.4, 0.5) is 0 Å². The summed E-state index contributed by atoms with van der Waals surface area (Å²) in [6.45, 7) is 2.40. The van der Waals surface area contributed by atoms with Crippen LogP contribution in [0.15, 0.2) is 0 Å². The Bertz CT molecular complexity index is 97.9. The summed E-state index contributed by atoms with van der Waals surface area (Å²) >= 11 is 0. The van der Waals surface area contributed by atoms with E-state index in [2.05, 4.69) is 14.5 Å². The van der Waals surface area contributed by atoms with E-state index in [4.69, 9.17) is 9.47 Å². The number of hydrogen-bond donors (Lipinski definition) is 0. The zero-order chi connectivity index (χ0) is 7.94. The van der Waals surface area contributed by atoms with Crippen LogP contribution in [0.2, 0.25) is 0 Å². The van der Waals surface area contributed by atoms with Crippen LogP contribution in [0.3, 0.4) is 0 Å². The third-order valence-electron chi connectivity index (χ3n) is 0.991. The van der Waals surface area contributed by atoms with Crippen molar-refractivity contribution in [3.05, 3.63) is 6.61 Å². The van der Waals surface area contributed by atoms with E-state index in [-0.39, 0.29) is 40.8 Å². The minimum atomic E-state index is 0. The molecule has 72 valence electrons. The summed E-state index contributed by atoms with van der Waals surface area (Å²) in [5.41, 5.74) is 0. The van der Waals surface area contributed by atoms with Crippen molar-refractivity contribution >= 4 is 0 Å². The van der Waals surface area contributed by atoms with Crippen LogP contribution in [0.1, 0.15) is 0 Å². The third-order valence-corrected chi connectivity index (χ3v) is 0.991. The summed E-state index contributed by atoms with van der Waals surface area (Å²) in [4.78, 5) is 9.02. The fourth-order valence-corrected chi connectivity index (χ4v) is 0.449. The average Bonchev–Trinajstić information content (AvgIpc) is 2.80. The van der Waals surface area contributed by atoms with Crippen molar-refractivity contribution in [2.24, 2.45) is 0 Å². The van der Waals surface area contributed by atoms with E-state index in [0.717, 1.165) is 0 Å². The maximum Gasteiger partial charge on any atom is 0.180 e. The van der Waals surface area contributed by atoms with Crippen molar-refractivity contribution in [3.8, 4) is 0 Å². The molecule has 12 heavy (non-hydrogen) atoms. The molecule has 1 atom stereocenters. The predicted octanol–water partition coefficient (Wildman–Crippen LogP) is 0.0707. The summed E-state index contributed by atoms with van der Waals surface area (Å²) in [5.74, 6) is 0. The third kappa shape index (κ3) is 7.15. The van der Waals surface area contributed by atoms with E-state index in [0.29, 0.717) is 6.61 Å². The second-order valence-corrected chi connectivity index (χ2v) is 1.94. The van der Waals surface area contributed by atoms with Crippen LogP contribution in [-0.4, -0.2) is 33.4 Å². The zero-order valence-corrected chi connectivity index (χ0v) is 9.66. The van der Waals surface area contributed by atoms with Gasteiger partial charge in [0, 0.05) is 34.8 Å². The molecule has 1 rings (SSSR count). The summed E-state index contributed by atoms with van der Waals surface area (Å²) < 4.78 is 14.3. The molecule has 0 spiro atoms. The minimum absolute atomic E-state index is 0. The van der Waals surface area contributed by atoms with Crippen LogP contribution in [0, 0.1) is 6.61 Å². The zero-order valence-electron chi connectivity index (χ0n) is 6.73. The van der Waals surface area contributed by atoms with Gasteiger partial charge >= 0.3 is 0 Å². The van der Waals surface area contributed by atoms with Crippen molar-refractivity contribution < 1.29 is 45.1 Å². The molecule has 0 amide bonds. The van der Waals surface area contributed by atoms with E-state index in [1.54, 1.807) is 6.61 Å². The largest absolute Gasteiger partial charge is 0.568 e. The topological polar surface area (TPSA) is 49.5 Å². The molecule has 0 aromatic heterocycles. The smallest absolute Gasteiger partial charge is 0.180 e. The molecular formula is C6H11O5W-. The standard InChI is InChI=1S/C6H11O5.W/c1-7-4-10-11-5-8-2-6-3-9-6;/h3,6H,2,4-5H2,1H3;/q-1;. The molecule has 0 bridgehead atoms. The molecule has 6 heteroatoms. The van der Waals surface area contributed by atoms with E-state index < -0.39 is 0 Å². The summed E-state index contributed by atoms with van der Waals surface area (Å²) in [6.07, 6.45) is 0.140. The van der Waals surface area contributed by atoms with Gasteiger partial charge in [0.15, 0.2) is 13.6 Å². The molecule has 1 unspecified atom stereocenters. The molecule has 0 aliphatic carbocycles. The summed E-state index contributed by atoms with van der Waals surface area (Å²) in [7, 11) is 1.51. The van der Waals surface area contributed by atoms with Gasteiger partial charge in [0.05, 0.1) is 0 Å². The molecule has 1 fully saturated rings. The quantitative estimate of drug-likeness (QED) is 0.163. The van der Waals surface area contributed by atoms with Crippen LogP contribution >= 0.6 is 0 Å². The molecular weight excluding hydrogens is 336 g/mol. The van der Waals surface area contributed by atoms with Crippen molar-refractivity contribution in [1.82, 2.24) is 0 Å². The van der Waals surface area contributed by atoms with Gasteiger partial charge in [-0.25, -0.2) is 9.78 Å². The van der Waals surface area contributed by atoms with Gasteiger partial charge in [0.2, 0.25) is 0 Å². The molecule has 0 N–H and O–H groups in total. The van der Waals surface area contributed by atoms with Crippen LogP contribution in [0.25, 0.3) is 0 Å². The van der Waals surface area contributed by atoms with Crippen LogP contribution in [0.5, 0.6) is 0 Å². The number of hydrogen-bond acceptors (Lipinski definition) is 5. The molecule has 1 aliphatic rings. The molecule has 0 aromatic carbocycles. The fraction of sp³-hybridized carbons (Fsp3) is 0.833. The van der Waals surface area contributed by atoms with Gasteiger partial charge in [0.25, 0.3) is 0 Å². The number of ether oxygens (including phenoxy) is 3. The molecule has 0 aromatic rings. The first-order valence-electron chi connectivity index (χ1n) is 3.23. The maximum atomic E-state index is 4.95. The predicted molar refractivity (Wildman–Crippen MR) is 34.0 cm³/mol. The Labute approximate surface area is 85.4 Å². The molecule has 1 saturated heterocycles. The Morgan fingerprint density at radius 3 is 2.58 bits per heavy atom. The molecule has 1 heterocycles. The number of methoxy groups -OCH3 is 1. The van der Waals surface area contributed by atoms with Gasteiger partial charge in [-0.3, -0.25) is 0 Å². The summed E-state index contributed by atoms with van der Waals surface area (Å²) in [6, 6.07) is 0. The Hall–Kier alpha value is 0.488. The minimum Gasteiger partial charge on any atom is -0.568 e. The van der Waals surface area contributed by atoms with Gasteiger partial charge in [-0.2, -0.15) is 6.61 Å². The Balaban J connectivity index is 0.00000121.